The predicted octanol–water partition coefficient (Wildman–Crippen LogP) is 1.81. The lowest BCUT2D eigenvalue weighted by Gasteiger charge is -2.14. The van der Waals surface area contributed by atoms with Crippen LogP contribution in [0.4, 0.5) is 5.69 Å². The zero-order valence-electron chi connectivity index (χ0n) is 16.6. The molecule has 1 aromatic heterocycles. The minimum absolute atomic E-state index is 0.0553. The van der Waals surface area contributed by atoms with Crippen molar-refractivity contribution in [3.63, 3.8) is 0 Å². The van der Waals surface area contributed by atoms with Crippen molar-refractivity contribution in [2.75, 3.05) is 5.32 Å². The van der Waals surface area contributed by atoms with E-state index in [2.05, 4.69) is 26.1 Å². The number of aromatic nitrogens is 2. The number of carbonyl (C=O) groups excluding carboxylic acids is 3. The van der Waals surface area contributed by atoms with Crippen LogP contribution in [-0.4, -0.2) is 33.9 Å². The smallest absolute Gasteiger partial charge is 0.254 e. The second kappa shape index (κ2) is 9.21. The molecule has 0 unspecified atom stereocenters. The van der Waals surface area contributed by atoms with Gasteiger partial charge in [0, 0.05) is 12.8 Å². The number of hydrogen-bond acceptors (Lipinski definition) is 6. The summed E-state index contributed by atoms with van der Waals surface area (Å²) in [5.41, 5.74) is 1.91. The quantitative estimate of drug-likeness (QED) is 0.536. The number of anilines is 1. The van der Waals surface area contributed by atoms with Gasteiger partial charge in [0.2, 0.25) is 17.7 Å². The van der Waals surface area contributed by atoms with Crippen molar-refractivity contribution in [3.8, 4) is 0 Å². The van der Waals surface area contributed by atoms with Gasteiger partial charge in [-0.1, -0.05) is 47.6 Å². The summed E-state index contributed by atoms with van der Waals surface area (Å²) in [6.07, 6.45) is 0.761. The summed E-state index contributed by atoms with van der Waals surface area (Å²) in [6.45, 7) is 0.0925. The number of carbonyl (C=O) groups is 3. The molecule has 1 atom stereocenters. The van der Waals surface area contributed by atoms with E-state index in [1.807, 2.05) is 30.3 Å². The molecule has 3 aromatic rings. The molecule has 0 spiro atoms. The van der Waals surface area contributed by atoms with Gasteiger partial charge in [-0.3, -0.25) is 14.4 Å². The molecule has 0 saturated carbocycles. The number of nitrogens with zero attached hydrogens (tertiary/aromatic N) is 2. The standard InChI is InChI=1S/C22H21N5O4/c28-19(23-13-20-26-18(27-31-20)12-14-6-2-1-3-7-14)11-10-17-22(30)24-16-9-5-4-8-15(16)21(29)25-17/h1-9,17H,10-13H2,(H,23,28)(H,24,30)(H,25,29)/t17-/m1/s1. The Hall–Kier alpha value is -4.01. The second-order valence-electron chi connectivity index (χ2n) is 7.14. The molecule has 2 aromatic carbocycles. The minimum atomic E-state index is -0.800. The number of benzene rings is 2. The highest BCUT2D eigenvalue weighted by Crippen LogP contribution is 2.19. The topological polar surface area (TPSA) is 126 Å². The van der Waals surface area contributed by atoms with Crippen molar-refractivity contribution in [1.29, 1.82) is 0 Å². The maximum absolute atomic E-state index is 12.4. The zero-order chi connectivity index (χ0) is 21.6. The second-order valence-corrected chi connectivity index (χ2v) is 7.14. The van der Waals surface area contributed by atoms with E-state index in [4.69, 9.17) is 4.52 Å². The monoisotopic (exact) mass is 419 g/mol. The molecule has 0 saturated heterocycles. The molecule has 0 fully saturated rings. The normalized spacial score (nSPS) is 15.4. The lowest BCUT2D eigenvalue weighted by atomic mass is 10.1. The number of amides is 3. The summed E-state index contributed by atoms with van der Waals surface area (Å²) < 4.78 is 5.17. The van der Waals surface area contributed by atoms with Gasteiger partial charge in [-0.25, -0.2) is 0 Å². The van der Waals surface area contributed by atoms with E-state index in [1.165, 1.54) is 0 Å². The van der Waals surface area contributed by atoms with Crippen molar-refractivity contribution in [3.05, 3.63) is 77.4 Å². The first-order valence-electron chi connectivity index (χ1n) is 9.91. The van der Waals surface area contributed by atoms with Crippen LogP contribution in [0.15, 0.2) is 59.1 Å². The fraction of sp³-hybridized carbons (Fsp3) is 0.227. The van der Waals surface area contributed by atoms with Gasteiger partial charge in [-0.15, -0.1) is 0 Å². The number of rotatable bonds is 7. The Morgan fingerprint density at radius 3 is 2.68 bits per heavy atom. The number of fused-ring (bicyclic) bond motifs is 1. The Labute approximate surface area is 178 Å². The van der Waals surface area contributed by atoms with E-state index < -0.39 is 6.04 Å². The highest BCUT2D eigenvalue weighted by molar-refractivity contribution is 6.09. The summed E-state index contributed by atoms with van der Waals surface area (Å²) >= 11 is 0. The maximum Gasteiger partial charge on any atom is 0.254 e. The molecule has 1 aliphatic rings. The molecule has 0 aliphatic carbocycles. The van der Waals surface area contributed by atoms with Gasteiger partial charge in [-0.2, -0.15) is 4.98 Å². The molecule has 3 amide bonds. The van der Waals surface area contributed by atoms with Crippen LogP contribution in [0.5, 0.6) is 0 Å². The summed E-state index contributed by atoms with van der Waals surface area (Å²) in [5.74, 6) is -0.153. The Morgan fingerprint density at radius 2 is 1.84 bits per heavy atom. The Balaban J connectivity index is 1.25. The summed E-state index contributed by atoms with van der Waals surface area (Å²) in [7, 11) is 0. The van der Waals surface area contributed by atoms with E-state index in [0.717, 1.165) is 5.56 Å². The van der Waals surface area contributed by atoms with Gasteiger partial charge < -0.3 is 20.5 Å². The maximum atomic E-state index is 12.4. The van der Waals surface area contributed by atoms with Crippen LogP contribution in [0.1, 0.15) is 40.5 Å². The van der Waals surface area contributed by atoms with Crippen molar-refractivity contribution in [1.82, 2.24) is 20.8 Å². The third-order valence-corrected chi connectivity index (χ3v) is 4.86. The van der Waals surface area contributed by atoms with Crippen LogP contribution < -0.4 is 16.0 Å². The summed E-state index contributed by atoms with van der Waals surface area (Å²) in [4.78, 5) is 41.2. The molecule has 9 heteroatoms. The van der Waals surface area contributed by atoms with Crippen molar-refractivity contribution in [2.24, 2.45) is 0 Å². The fourth-order valence-corrected chi connectivity index (χ4v) is 3.26. The van der Waals surface area contributed by atoms with E-state index in [1.54, 1.807) is 24.3 Å². The third kappa shape index (κ3) is 5.13. The molecular weight excluding hydrogens is 398 g/mol. The molecule has 158 valence electrons. The lowest BCUT2D eigenvalue weighted by Crippen LogP contribution is -2.42. The van der Waals surface area contributed by atoms with Crippen molar-refractivity contribution < 1.29 is 18.9 Å². The highest BCUT2D eigenvalue weighted by Gasteiger charge is 2.27. The summed E-state index contributed by atoms with van der Waals surface area (Å²) in [6, 6.07) is 15.7. The molecule has 0 radical (unpaired) electrons. The predicted molar refractivity (Wildman–Crippen MR) is 111 cm³/mol. The molecular formula is C22H21N5O4. The summed E-state index contributed by atoms with van der Waals surface area (Å²) in [5, 5.41) is 12.0. The van der Waals surface area contributed by atoms with Gasteiger partial charge >= 0.3 is 0 Å². The fourth-order valence-electron chi connectivity index (χ4n) is 3.26. The molecule has 0 bridgehead atoms. The Kier molecular flexibility index (Phi) is 6.02. The van der Waals surface area contributed by atoms with Gasteiger partial charge in [-0.05, 0) is 24.1 Å². The highest BCUT2D eigenvalue weighted by atomic mass is 16.5. The van der Waals surface area contributed by atoms with Crippen molar-refractivity contribution in [2.45, 2.75) is 31.8 Å². The van der Waals surface area contributed by atoms with E-state index >= 15 is 0 Å². The third-order valence-electron chi connectivity index (χ3n) is 4.86. The number of hydrogen-bond donors (Lipinski definition) is 3. The zero-order valence-corrected chi connectivity index (χ0v) is 16.6. The van der Waals surface area contributed by atoms with Crippen LogP contribution in [0.25, 0.3) is 0 Å². The SMILES string of the molecule is O=C(CC[C@H]1NC(=O)c2ccccc2NC1=O)NCc1nc(Cc2ccccc2)no1. The van der Waals surface area contributed by atoms with Gasteiger partial charge in [0.05, 0.1) is 17.8 Å². The van der Waals surface area contributed by atoms with Crippen molar-refractivity contribution >= 4 is 23.4 Å². The van der Waals surface area contributed by atoms with E-state index in [9.17, 15) is 14.4 Å². The number of para-hydroxylation sites is 1. The van der Waals surface area contributed by atoms with Crippen LogP contribution >= 0.6 is 0 Å². The average molecular weight is 419 g/mol. The first-order chi connectivity index (χ1) is 15.1. The van der Waals surface area contributed by atoms with Crippen LogP contribution in [0.2, 0.25) is 0 Å². The minimum Gasteiger partial charge on any atom is -0.347 e. The largest absolute Gasteiger partial charge is 0.347 e. The number of nitrogens with one attached hydrogen (secondary N) is 3. The molecule has 3 N–H and O–H groups in total. The van der Waals surface area contributed by atoms with Crippen LogP contribution in [-0.2, 0) is 22.6 Å². The van der Waals surface area contributed by atoms with Gasteiger partial charge in [0.15, 0.2) is 5.82 Å². The van der Waals surface area contributed by atoms with Crippen LogP contribution in [0.3, 0.4) is 0 Å². The Bertz CT molecular complexity index is 1100. The van der Waals surface area contributed by atoms with E-state index in [-0.39, 0.29) is 37.1 Å². The van der Waals surface area contributed by atoms with Gasteiger partial charge in [0.1, 0.15) is 6.04 Å². The molecule has 2 heterocycles. The molecule has 31 heavy (non-hydrogen) atoms. The first-order valence-corrected chi connectivity index (χ1v) is 9.91. The lowest BCUT2D eigenvalue weighted by molar-refractivity contribution is -0.122. The Morgan fingerprint density at radius 1 is 1.06 bits per heavy atom. The molecule has 1 aliphatic heterocycles. The van der Waals surface area contributed by atoms with Gasteiger partial charge in [0.25, 0.3) is 5.91 Å². The van der Waals surface area contributed by atoms with Crippen LogP contribution in [0, 0.1) is 0 Å². The molecule has 4 rings (SSSR count). The average Bonchev–Trinajstić information content (AvgIpc) is 3.18. The first kappa shape index (κ1) is 20.3. The molecule has 9 nitrogen and oxygen atoms in total. The van der Waals surface area contributed by atoms with E-state index in [0.29, 0.717) is 29.4 Å².